The summed E-state index contributed by atoms with van der Waals surface area (Å²) in [5, 5.41) is 9.80. The molecule has 0 aliphatic rings. The van der Waals surface area contributed by atoms with Crippen molar-refractivity contribution in [3.63, 3.8) is 0 Å². The number of hydrogen-bond donors (Lipinski definition) is 2. The molecule has 0 aliphatic heterocycles. The van der Waals surface area contributed by atoms with Gasteiger partial charge in [0.1, 0.15) is 22.9 Å². The van der Waals surface area contributed by atoms with Crippen LogP contribution in [0.1, 0.15) is 27.6 Å². The van der Waals surface area contributed by atoms with E-state index in [4.69, 9.17) is 4.74 Å². The van der Waals surface area contributed by atoms with Gasteiger partial charge in [-0.2, -0.15) is 5.10 Å². The number of nitrogens with zero attached hydrogens (tertiary/aromatic N) is 2. The van der Waals surface area contributed by atoms with Crippen LogP contribution in [0.15, 0.2) is 85.1 Å². The summed E-state index contributed by atoms with van der Waals surface area (Å²) in [4.78, 5) is 25.9. The van der Waals surface area contributed by atoms with Gasteiger partial charge in [-0.05, 0) is 61.5 Å². The number of rotatable bonds is 7. The van der Waals surface area contributed by atoms with Crippen molar-refractivity contribution >= 4 is 23.3 Å². The number of carbonyl (C=O) groups is 2. The molecule has 4 rings (SSSR count). The van der Waals surface area contributed by atoms with Crippen molar-refractivity contribution in [2.45, 2.75) is 6.92 Å². The Balaban J connectivity index is 1.65. The van der Waals surface area contributed by atoms with Crippen molar-refractivity contribution in [1.82, 2.24) is 9.78 Å². The van der Waals surface area contributed by atoms with E-state index < -0.39 is 17.6 Å². The maximum absolute atomic E-state index is 13.6. The Labute approximate surface area is 189 Å². The highest BCUT2D eigenvalue weighted by Crippen LogP contribution is 2.23. The molecule has 0 bridgehead atoms. The fourth-order valence-electron chi connectivity index (χ4n) is 3.21. The zero-order valence-electron chi connectivity index (χ0n) is 17.8. The van der Waals surface area contributed by atoms with Crippen LogP contribution < -0.4 is 15.4 Å². The Morgan fingerprint density at radius 1 is 0.939 bits per heavy atom. The number of halogens is 1. The van der Waals surface area contributed by atoms with E-state index in [9.17, 15) is 14.0 Å². The number of nitrogens with one attached hydrogen (secondary N) is 2. The topological polar surface area (TPSA) is 85.2 Å². The van der Waals surface area contributed by atoms with Crippen LogP contribution in [0.2, 0.25) is 0 Å². The second kappa shape index (κ2) is 9.78. The zero-order valence-corrected chi connectivity index (χ0v) is 17.8. The van der Waals surface area contributed by atoms with E-state index in [1.54, 1.807) is 36.4 Å². The van der Waals surface area contributed by atoms with Gasteiger partial charge in [-0.3, -0.25) is 9.59 Å². The van der Waals surface area contributed by atoms with E-state index in [1.165, 1.54) is 29.1 Å². The average molecular weight is 444 g/mol. The third-order valence-corrected chi connectivity index (χ3v) is 4.76. The summed E-state index contributed by atoms with van der Waals surface area (Å²) < 4.78 is 20.5. The molecule has 33 heavy (non-hydrogen) atoms. The summed E-state index contributed by atoms with van der Waals surface area (Å²) in [5.74, 6) is -0.708. The van der Waals surface area contributed by atoms with E-state index in [0.29, 0.717) is 23.7 Å². The fraction of sp³-hybridized carbons (Fsp3) is 0.0800. The van der Waals surface area contributed by atoms with E-state index >= 15 is 0 Å². The van der Waals surface area contributed by atoms with E-state index in [0.717, 1.165) is 6.07 Å². The van der Waals surface area contributed by atoms with Crippen LogP contribution in [-0.4, -0.2) is 28.2 Å². The lowest BCUT2D eigenvalue weighted by Crippen LogP contribution is -2.19. The molecule has 2 N–H and O–H groups in total. The number of anilines is 2. The summed E-state index contributed by atoms with van der Waals surface area (Å²) in [7, 11) is 0. The smallest absolute Gasteiger partial charge is 0.261 e. The minimum Gasteiger partial charge on any atom is -0.494 e. The van der Waals surface area contributed by atoms with Crippen molar-refractivity contribution in [2.24, 2.45) is 0 Å². The Kier molecular flexibility index (Phi) is 6.45. The summed E-state index contributed by atoms with van der Waals surface area (Å²) in [5.41, 5.74) is 1.47. The summed E-state index contributed by atoms with van der Waals surface area (Å²) >= 11 is 0. The molecule has 4 aromatic rings. The second-order valence-electron chi connectivity index (χ2n) is 7.03. The highest BCUT2D eigenvalue weighted by atomic mass is 19.1. The Bertz CT molecular complexity index is 1270. The minimum atomic E-state index is -0.567. The predicted molar refractivity (Wildman–Crippen MR) is 123 cm³/mol. The number of benzene rings is 3. The highest BCUT2D eigenvalue weighted by Gasteiger charge is 2.21. The average Bonchev–Trinajstić information content (AvgIpc) is 3.24. The molecule has 0 saturated heterocycles. The van der Waals surface area contributed by atoms with Crippen LogP contribution in [0.25, 0.3) is 5.69 Å². The maximum Gasteiger partial charge on any atom is 0.261 e. The molecule has 3 aromatic carbocycles. The molecule has 7 nitrogen and oxygen atoms in total. The van der Waals surface area contributed by atoms with E-state index in [-0.39, 0.29) is 16.9 Å². The largest absolute Gasteiger partial charge is 0.494 e. The lowest BCUT2D eigenvalue weighted by molar-refractivity contribution is 0.102. The summed E-state index contributed by atoms with van der Waals surface area (Å²) in [6.07, 6.45) is 1.37. The van der Waals surface area contributed by atoms with Gasteiger partial charge < -0.3 is 15.4 Å². The first-order valence-corrected chi connectivity index (χ1v) is 10.3. The number of aromatic nitrogens is 2. The third-order valence-electron chi connectivity index (χ3n) is 4.76. The lowest BCUT2D eigenvalue weighted by atomic mass is 10.2. The Morgan fingerprint density at radius 2 is 1.70 bits per heavy atom. The molecule has 1 heterocycles. The van der Waals surface area contributed by atoms with Crippen molar-refractivity contribution in [1.29, 1.82) is 0 Å². The monoisotopic (exact) mass is 444 g/mol. The minimum absolute atomic E-state index is 0.119. The first-order chi connectivity index (χ1) is 16.0. The molecule has 0 atom stereocenters. The van der Waals surface area contributed by atoms with Crippen molar-refractivity contribution in [2.75, 3.05) is 17.2 Å². The van der Waals surface area contributed by atoms with Crippen LogP contribution >= 0.6 is 0 Å². The molecule has 0 radical (unpaired) electrons. The molecule has 1 aromatic heterocycles. The molecular weight excluding hydrogens is 423 g/mol. The van der Waals surface area contributed by atoms with Crippen LogP contribution in [0.4, 0.5) is 15.9 Å². The van der Waals surface area contributed by atoms with Crippen LogP contribution in [0, 0.1) is 5.82 Å². The standard InChI is InChI=1S/C25H21FN4O3/c1-2-33-21-13-11-19(12-14-21)28-25(32)22-16-27-30(20-9-4-3-5-10-20)23(22)29-24(31)17-7-6-8-18(26)15-17/h3-16H,2H2,1H3,(H,28,32)(H,29,31). The predicted octanol–water partition coefficient (Wildman–Crippen LogP) is 4.91. The van der Waals surface area contributed by atoms with Gasteiger partial charge in [0.2, 0.25) is 0 Å². The Morgan fingerprint density at radius 3 is 2.39 bits per heavy atom. The highest BCUT2D eigenvalue weighted by molar-refractivity contribution is 6.12. The molecule has 0 fully saturated rings. The first-order valence-electron chi connectivity index (χ1n) is 10.3. The fourth-order valence-corrected chi connectivity index (χ4v) is 3.21. The van der Waals surface area contributed by atoms with Crippen LogP contribution in [0.3, 0.4) is 0 Å². The van der Waals surface area contributed by atoms with Gasteiger partial charge >= 0.3 is 0 Å². The van der Waals surface area contributed by atoms with Gasteiger partial charge in [0.15, 0.2) is 0 Å². The van der Waals surface area contributed by atoms with E-state index in [2.05, 4.69) is 15.7 Å². The Hall–Kier alpha value is -4.46. The number of amides is 2. The summed E-state index contributed by atoms with van der Waals surface area (Å²) in [6, 6.07) is 21.3. The normalized spacial score (nSPS) is 10.5. The number of carbonyl (C=O) groups excluding carboxylic acids is 2. The molecule has 166 valence electrons. The van der Waals surface area contributed by atoms with Gasteiger partial charge in [-0.1, -0.05) is 24.3 Å². The van der Waals surface area contributed by atoms with Gasteiger partial charge in [-0.15, -0.1) is 0 Å². The SMILES string of the molecule is CCOc1ccc(NC(=O)c2cnn(-c3ccccc3)c2NC(=O)c2cccc(F)c2)cc1. The van der Waals surface area contributed by atoms with Gasteiger partial charge in [0.05, 0.1) is 18.5 Å². The molecule has 8 heteroatoms. The van der Waals surface area contributed by atoms with Gasteiger partial charge in [0.25, 0.3) is 11.8 Å². The van der Waals surface area contributed by atoms with Gasteiger partial charge in [-0.25, -0.2) is 9.07 Å². The third kappa shape index (κ3) is 5.07. The van der Waals surface area contributed by atoms with E-state index in [1.807, 2.05) is 25.1 Å². The molecular formula is C25H21FN4O3. The first kappa shape index (κ1) is 21.8. The molecule has 2 amide bonds. The number of ether oxygens (including phenoxy) is 1. The van der Waals surface area contributed by atoms with Crippen LogP contribution in [0.5, 0.6) is 5.75 Å². The van der Waals surface area contributed by atoms with Crippen LogP contribution in [-0.2, 0) is 0 Å². The van der Waals surface area contributed by atoms with Crippen molar-refractivity contribution in [3.05, 3.63) is 102 Å². The molecule has 0 unspecified atom stereocenters. The molecule has 0 spiro atoms. The maximum atomic E-state index is 13.6. The van der Waals surface area contributed by atoms with Crippen molar-refractivity contribution in [3.8, 4) is 11.4 Å². The molecule has 0 saturated carbocycles. The quantitative estimate of drug-likeness (QED) is 0.424. The lowest BCUT2D eigenvalue weighted by Gasteiger charge is -2.12. The van der Waals surface area contributed by atoms with Crippen molar-refractivity contribution < 1.29 is 18.7 Å². The molecule has 0 aliphatic carbocycles. The van der Waals surface area contributed by atoms with Gasteiger partial charge in [0, 0.05) is 11.3 Å². The zero-order chi connectivity index (χ0) is 23.2. The second-order valence-corrected chi connectivity index (χ2v) is 7.03. The number of hydrogen-bond acceptors (Lipinski definition) is 4. The number of para-hydroxylation sites is 1. The summed E-state index contributed by atoms with van der Waals surface area (Å²) in [6.45, 7) is 2.43.